The first-order valence-electron chi connectivity index (χ1n) is 8.25. The van der Waals surface area contributed by atoms with Gasteiger partial charge in [0.1, 0.15) is 24.7 Å². The second-order valence-electron chi connectivity index (χ2n) is 5.00. The lowest BCUT2D eigenvalue weighted by atomic mass is 10.3. The monoisotopic (exact) mass is 336 g/mol. The van der Waals surface area contributed by atoms with Crippen LogP contribution in [0.5, 0.6) is 11.5 Å². The van der Waals surface area contributed by atoms with E-state index >= 15 is 0 Å². The highest BCUT2D eigenvalue weighted by Crippen LogP contribution is 2.16. The minimum Gasteiger partial charge on any atom is -0.497 e. The number of nitrogens with zero attached hydrogens (tertiary/aromatic N) is 1. The van der Waals surface area contributed by atoms with Crippen molar-refractivity contribution >= 4 is 11.9 Å². The molecule has 3 N–H and O–H groups in total. The Labute approximate surface area is 143 Å². The zero-order valence-corrected chi connectivity index (χ0v) is 14.7. The van der Waals surface area contributed by atoms with Crippen molar-refractivity contribution in [3.63, 3.8) is 0 Å². The minimum absolute atomic E-state index is 0.0801. The number of hydrogen-bond donors (Lipinski definition) is 3. The van der Waals surface area contributed by atoms with Gasteiger partial charge in [0.25, 0.3) is 0 Å². The number of methoxy groups -OCH3 is 1. The summed E-state index contributed by atoms with van der Waals surface area (Å²) in [5.74, 6) is 2.09. The number of benzene rings is 1. The smallest absolute Gasteiger partial charge is 0.241 e. The van der Waals surface area contributed by atoms with Crippen LogP contribution in [-0.4, -0.2) is 51.8 Å². The van der Waals surface area contributed by atoms with E-state index in [0.29, 0.717) is 25.7 Å². The molecule has 0 aliphatic rings. The second-order valence-corrected chi connectivity index (χ2v) is 5.00. The number of guanidine groups is 1. The Morgan fingerprint density at radius 1 is 1.04 bits per heavy atom. The molecule has 0 bridgehead atoms. The molecule has 0 aliphatic carbocycles. The molecular formula is C17H28N4O3. The Balaban J connectivity index is 2.32. The van der Waals surface area contributed by atoms with Gasteiger partial charge in [-0.25, -0.2) is 4.99 Å². The van der Waals surface area contributed by atoms with Crippen molar-refractivity contribution in [2.24, 2.45) is 4.99 Å². The van der Waals surface area contributed by atoms with E-state index in [1.165, 1.54) is 0 Å². The van der Waals surface area contributed by atoms with E-state index in [9.17, 15) is 4.79 Å². The van der Waals surface area contributed by atoms with E-state index in [4.69, 9.17) is 9.47 Å². The standard InChI is InChI=1S/C17H28N4O3/c1-4-10-19-16(22)13-21-17(18-5-2)20-11-12-24-15-8-6-14(23-3)7-9-15/h6-9H,4-5,10-13H2,1-3H3,(H,19,22)(H2,18,20,21). The van der Waals surface area contributed by atoms with E-state index in [2.05, 4.69) is 20.9 Å². The van der Waals surface area contributed by atoms with Crippen molar-refractivity contribution in [1.29, 1.82) is 0 Å². The Morgan fingerprint density at radius 3 is 2.38 bits per heavy atom. The third-order valence-corrected chi connectivity index (χ3v) is 3.02. The lowest BCUT2D eigenvalue weighted by molar-refractivity contribution is -0.119. The normalized spacial score (nSPS) is 10.9. The number of ether oxygens (including phenoxy) is 2. The minimum atomic E-state index is -0.0801. The summed E-state index contributed by atoms with van der Waals surface area (Å²) in [5.41, 5.74) is 0. The maximum absolute atomic E-state index is 11.6. The molecule has 0 atom stereocenters. The summed E-state index contributed by atoms with van der Waals surface area (Å²) in [6, 6.07) is 7.42. The van der Waals surface area contributed by atoms with Gasteiger partial charge in [-0.3, -0.25) is 4.79 Å². The van der Waals surface area contributed by atoms with E-state index in [1.54, 1.807) is 7.11 Å². The first-order chi connectivity index (χ1) is 11.7. The summed E-state index contributed by atoms with van der Waals surface area (Å²) in [5, 5.41) is 9.02. The van der Waals surface area contributed by atoms with Crippen molar-refractivity contribution in [2.45, 2.75) is 20.3 Å². The average molecular weight is 336 g/mol. The topological polar surface area (TPSA) is 84.0 Å². The van der Waals surface area contributed by atoms with E-state index in [0.717, 1.165) is 24.5 Å². The molecule has 7 heteroatoms. The number of aliphatic imine (C=N–C) groups is 1. The molecule has 0 fully saturated rings. The molecule has 1 rings (SSSR count). The van der Waals surface area contributed by atoms with Crippen molar-refractivity contribution in [3.8, 4) is 11.5 Å². The maximum atomic E-state index is 11.6. The molecule has 1 aromatic rings. The Morgan fingerprint density at radius 2 is 1.75 bits per heavy atom. The van der Waals surface area contributed by atoms with Crippen molar-refractivity contribution in [1.82, 2.24) is 16.0 Å². The zero-order valence-electron chi connectivity index (χ0n) is 14.7. The lowest BCUT2D eigenvalue weighted by Crippen LogP contribution is -2.40. The Kier molecular flexibility index (Phi) is 9.84. The summed E-state index contributed by atoms with van der Waals surface area (Å²) in [6.45, 7) is 6.55. The predicted molar refractivity (Wildman–Crippen MR) is 95.8 cm³/mol. The number of carbonyl (C=O) groups excluding carboxylic acids is 1. The van der Waals surface area contributed by atoms with Crippen LogP contribution in [0.15, 0.2) is 29.3 Å². The third-order valence-electron chi connectivity index (χ3n) is 3.02. The van der Waals surface area contributed by atoms with Gasteiger partial charge in [-0.1, -0.05) is 6.92 Å². The zero-order chi connectivity index (χ0) is 17.6. The maximum Gasteiger partial charge on any atom is 0.241 e. The Hall–Kier alpha value is -2.44. The van der Waals surface area contributed by atoms with E-state index < -0.39 is 0 Å². The average Bonchev–Trinajstić information content (AvgIpc) is 2.61. The van der Waals surface area contributed by atoms with Gasteiger partial charge in [0.15, 0.2) is 5.96 Å². The molecule has 0 radical (unpaired) electrons. The number of amides is 1. The first kappa shape index (κ1) is 19.6. The second kappa shape index (κ2) is 12.0. The fourth-order valence-electron chi connectivity index (χ4n) is 1.82. The van der Waals surface area contributed by atoms with Crippen LogP contribution < -0.4 is 25.4 Å². The van der Waals surface area contributed by atoms with Crippen molar-refractivity contribution in [3.05, 3.63) is 24.3 Å². The number of carbonyl (C=O) groups is 1. The summed E-state index contributed by atoms with van der Waals surface area (Å²) >= 11 is 0. The number of hydrogen-bond acceptors (Lipinski definition) is 4. The van der Waals surface area contributed by atoms with Crippen LogP contribution in [0.4, 0.5) is 0 Å². The van der Waals surface area contributed by atoms with Gasteiger partial charge in [0.2, 0.25) is 5.91 Å². The molecule has 0 saturated carbocycles. The molecule has 0 aromatic heterocycles. The molecule has 0 heterocycles. The number of rotatable bonds is 10. The molecule has 0 saturated heterocycles. The van der Waals surface area contributed by atoms with E-state index in [-0.39, 0.29) is 12.5 Å². The molecule has 0 spiro atoms. The van der Waals surface area contributed by atoms with Crippen LogP contribution in [0.3, 0.4) is 0 Å². The fraction of sp³-hybridized carbons (Fsp3) is 0.529. The van der Waals surface area contributed by atoms with Crippen LogP contribution in [0.1, 0.15) is 20.3 Å². The van der Waals surface area contributed by atoms with Crippen molar-refractivity contribution < 1.29 is 14.3 Å². The van der Waals surface area contributed by atoms with Crippen LogP contribution >= 0.6 is 0 Å². The van der Waals surface area contributed by atoms with Gasteiger partial charge in [-0.05, 0) is 37.6 Å². The molecule has 24 heavy (non-hydrogen) atoms. The SMILES string of the molecule is CCCNC(=O)CN=C(NCC)NCCOc1ccc(OC)cc1. The highest BCUT2D eigenvalue weighted by atomic mass is 16.5. The highest BCUT2D eigenvalue weighted by molar-refractivity contribution is 5.84. The van der Waals surface area contributed by atoms with Crippen LogP contribution in [-0.2, 0) is 4.79 Å². The van der Waals surface area contributed by atoms with Crippen LogP contribution in [0.2, 0.25) is 0 Å². The highest BCUT2D eigenvalue weighted by Gasteiger charge is 2.01. The van der Waals surface area contributed by atoms with Gasteiger partial charge in [-0.15, -0.1) is 0 Å². The summed E-state index contributed by atoms with van der Waals surface area (Å²) in [6.07, 6.45) is 0.913. The fourth-order valence-corrected chi connectivity index (χ4v) is 1.82. The van der Waals surface area contributed by atoms with Gasteiger partial charge >= 0.3 is 0 Å². The lowest BCUT2D eigenvalue weighted by Gasteiger charge is -2.12. The van der Waals surface area contributed by atoms with Gasteiger partial charge in [0.05, 0.1) is 13.7 Å². The molecule has 1 amide bonds. The first-order valence-corrected chi connectivity index (χ1v) is 8.25. The largest absolute Gasteiger partial charge is 0.497 e. The third kappa shape index (κ3) is 8.26. The molecule has 1 aromatic carbocycles. The quantitative estimate of drug-likeness (QED) is 0.339. The molecule has 134 valence electrons. The van der Waals surface area contributed by atoms with Crippen molar-refractivity contribution in [2.75, 3.05) is 39.9 Å². The summed E-state index contributed by atoms with van der Waals surface area (Å²) in [4.78, 5) is 15.8. The molecule has 7 nitrogen and oxygen atoms in total. The van der Waals surface area contributed by atoms with Crippen LogP contribution in [0.25, 0.3) is 0 Å². The molecule has 0 aliphatic heterocycles. The molecular weight excluding hydrogens is 308 g/mol. The van der Waals surface area contributed by atoms with Gasteiger partial charge < -0.3 is 25.4 Å². The predicted octanol–water partition coefficient (Wildman–Crippen LogP) is 1.16. The van der Waals surface area contributed by atoms with Gasteiger partial charge in [0, 0.05) is 13.1 Å². The van der Waals surface area contributed by atoms with E-state index in [1.807, 2.05) is 38.1 Å². The number of nitrogens with one attached hydrogen (secondary N) is 3. The Bertz CT molecular complexity index is 503. The summed E-state index contributed by atoms with van der Waals surface area (Å²) < 4.78 is 10.7. The van der Waals surface area contributed by atoms with Gasteiger partial charge in [-0.2, -0.15) is 0 Å². The molecule has 0 unspecified atom stereocenters. The summed E-state index contributed by atoms with van der Waals surface area (Å²) in [7, 11) is 1.63. The van der Waals surface area contributed by atoms with Crippen LogP contribution in [0, 0.1) is 0 Å².